The maximum atomic E-state index is 12.9. The molecule has 4 nitrogen and oxygen atoms in total. The summed E-state index contributed by atoms with van der Waals surface area (Å²) < 4.78 is 0. The van der Waals surface area contributed by atoms with Gasteiger partial charge in [0, 0.05) is 30.3 Å². The van der Waals surface area contributed by atoms with Crippen LogP contribution >= 0.6 is 0 Å². The third-order valence-corrected chi connectivity index (χ3v) is 5.95. The topological polar surface area (TPSA) is 49.4 Å². The molecule has 2 aromatic rings. The van der Waals surface area contributed by atoms with Gasteiger partial charge in [-0.3, -0.25) is 9.59 Å². The van der Waals surface area contributed by atoms with Crippen LogP contribution in [0.4, 0.5) is 0 Å². The number of carbonyl (C=O) groups is 2. The van der Waals surface area contributed by atoms with Crippen LogP contribution in [0, 0.1) is 0 Å². The number of rotatable bonds is 7. The number of carbonyl (C=O) groups excluding carboxylic acids is 2. The Kier molecular flexibility index (Phi) is 5.99. The lowest BCUT2D eigenvalue weighted by molar-refractivity contribution is -0.127. The van der Waals surface area contributed by atoms with E-state index in [9.17, 15) is 9.59 Å². The quantitative estimate of drug-likeness (QED) is 0.640. The minimum Gasteiger partial charge on any atom is -0.349 e. The molecule has 0 bridgehead atoms. The Morgan fingerprint density at radius 1 is 0.968 bits per heavy atom. The van der Waals surface area contributed by atoms with E-state index in [-0.39, 0.29) is 17.2 Å². The summed E-state index contributed by atoms with van der Waals surface area (Å²) in [5.74, 6) is 0.0301. The monoisotopic (exact) mass is 416 g/mol. The zero-order chi connectivity index (χ0) is 22.0. The molecule has 2 aromatic carbocycles. The van der Waals surface area contributed by atoms with Crippen molar-refractivity contribution in [1.29, 1.82) is 0 Å². The normalized spacial score (nSPS) is 16.4. The molecule has 162 valence electrons. The van der Waals surface area contributed by atoms with Gasteiger partial charge in [0.1, 0.15) is 0 Å². The first-order chi connectivity index (χ1) is 14.8. The van der Waals surface area contributed by atoms with E-state index in [4.69, 9.17) is 0 Å². The molecule has 0 aliphatic heterocycles. The lowest BCUT2D eigenvalue weighted by Gasteiger charge is -2.21. The van der Waals surface area contributed by atoms with Gasteiger partial charge < -0.3 is 10.2 Å². The highest BCUT2D eigenvalue weighted by Crippen LogP contribution is 2.29. The molecule has 0 heterocycles. The van der Waals surface area contributed by atoms with E-state index in [1.165, 1.54) is 5.56 Å². The summed E-state index contributed by atoms with van der Waals surface area (Å²) in [6.07, 6.45) is 7.86. The van der Waals surface area contributed by atoms with Crippen molar-refractivity contribution in [3.8, 4) is 0 Å². The van der Waals surface area contributed by atoms with Crippen LogP contribution in [-0.4, -0.2) is 28.8 Å². The molecular weight excluding hydrogens is 384 g/mol. The van der Waals surface area contributed by atoms with Crippen molar-refractivity contribution in [2.24, 2.45) is 0 Å². The summed E-state index contributed by atoms with van der Waals surface area (Å²) in [5.41, 5.74) is 4.16. The second-order valence-corrected chi connectivity index (χ2v) is 9.85. The first-order valence-electron chi connectivity index (χ1n) is 11.3. The smallest absolute Gasteiger partial charge is 0.251 e. The highest BCUT2D eigenvalue weighted by Gasteiger charge is 2.31. The van der Waals surface area contributed by atoms with E-state index in [1.807, 2.05) is 35.2 Å². The fourth-order valence-electron chi connectivity index (χ4n) is 3.59. The number of amides is 2. The molecule has 31 heavy (non-hydrogen) atoms. The van der Waals surface area contributed by atoms with E-state index < -0.39 is 0 Å². The lowest BCUT2D eigenvalue weighted by atomic mass is 9.87. The Balaban J connectivity index is 1.38. The van der Waals surface area contributed by atoms with E-state index in [1.54, 1.807) is 6.08 Å². The molecule has 2 saturated carbocycles. The second-order valence-electron chi connectivity index (χ2n) is 9.85. The molecule has 1 N–H and O–H groups in total. The van der Waals surface area contributed by atoms with Crippen molar-refractivity contribution < 1.29 is 9.59 Å². The Morgan fingerprint density at radius 3 is 2.16 bits per heavy atom. The third-order valence-electron chi connectivity index (χ3n) is 5.95. The molecule has 2 fully saturated rings. The van der Waals surface area contributed by atoms with Crippen LogP contribution in [0.5, 0.6) is 0 Å². The van der Waals surface area contributed by atoms with E-state index in [2.05, 4.69) is 50.4 Å². The van der Waals surface area contributed by atoms with E-state index in [0.717, 1.165) is 36.8 Å². The van der Waals surface area contributed by atoms with Gasteiger partial charge in [-0.25, -0.2) is 0 Å². The molecule has 2 aliphatic rings. The van der Waals surface area contributed by atoms with Crippen LogP contribution in [0.1, 0.15) is 73.5 Å². The number of hydrogen-bond donors (Lipinski definition) is 1. The SMILES string of the molecule is CC(C)(C)c1ccc(/C=C/C(=O)N(Cc2ccc(C(=O)NC3CC3)cc2)C2CC2)cc1. The van der Waals surface area contributed by atoms with Crippen molar-refractivity contribution in [2.75, 3.05) is 0 Å². The minimum atomic E-state index is -0.00964. The van der Waals surface area contributed by atoms with Crippen LogP contribution in [0.3, 0.4) is 0 Å². The molecule has 2 aliphatic carbocycles. The van der Waals surface area contributed by atoms with Crippen molar-refractivity contribution in [3.05, 3.63) is 76.9 Å². The molecule has 0 spiro atoms. The third kappa shape index (κ3) is 5.84. The van der Waals surface area contributed by atoms with Gasteiger partial charge in [-0.15, -0.1) is 0 Å². The number of benzene rings is 2. The van der Waals surface area contributed by atoms with Gasteiger partial charge in [-0.2, -0.15) is 0 Å². The summed E-state index contributed by atoms with van der Waals surface area (Å²) in [6, 6.07) is 16.7. The van der Waals surface area contributed by atoms with Gasteiger partial charge in [0.2, 0.25) is 5.91 Å². The van der Waals surface area contributed by atoms with Crippen molar-refractivity contribution in [3.63, 3.8) is 0 Å². The average Bonchev–Trinajstić information content (AvgIpc) is 3.65. The predicted molar refractivity (Wildman–Crippen MR) is 125 cm³/mol. The maximum absolute atomic E-state index is 12.9. The van der Waals surface area contributed by atoms with Crippen LogP contribution in [-0.2, 0) is 16.8 Å². The number of nitrogens with zero attached hydrogens (tertiary/aromatic N) is 1. The molecule has 2 amide bonds. The first kappa shape index (κ1) is 21.4. The van der Waals surface area contributed by atoms with Gasteiger partial charge in [0.15, 0.2) is 0 Å². The first-order valence-corrected chi connectivity index (χ1v) is 11.3. The molecule has 0 atom stereocenters. The van der Waals surface area contributed by atoms with Gasteiger partial charge in [-0.05, 0) is 66.0 Å². The summed E-state index contributed by atoms with van der Waals surface area (Å²) in [4.78, 5) is 27.0. The van der Waals surface area contributed by atoms with Crippen LogP contribution in [0.15, 0.2) is 54.6 Å². The Hall–Kier alpha value is -2.88. The van der Waals surface area contributed by atoms with Crippen molar-refractivity contribution in [2.45, 2.75) is 70.5 Å². The molecule has 4 rings (SSSR count). The average molecular weight is 417 g/mol. The molecule has 0 aromatic heterocycles. The maximum Gasteiger partial charge on any atom is 0.251 e. The summed E-state index contributed by atoms with van der Waals surface area (Å²) in [7, 11) is 0. The fourth-order valence-corrected chi connectivity index (χ4v) is 3.59. The minimum absolute atomic E-state index is 0.00964. The van der Waals surface area contributed by atoms with Gasteiger partial charge in [0.25, 0.3) is 5.91 Å². The van der Waals surface area contributed by atoms with Crippen molar-refractivity contribution >= 4 is 17.9 Å². The zero-order valence-corrected chi connectivity index (χ0v) is 18.7. The van der Waals surface area contributed by atoms with Gasteiger partial charge in [-0.1, -0.05) is 57.2 Å². The van der Waals surface area contributed by atoms with E-state index in [0.29, 0.717) is 24.2 Å². The molecule has 4 heteroatoms. The Bertz CT molecular complexity index is 960. The summed E-state index contributed by atoms with van der Waals surface area (Å²) in [6.45, 7) is 7.16. The number of nitrogens with one attached hydrogen (secondary N) is 1. The van der Waals surface area contributed by atoms with Crippen LogP contribution < -0.4 is 5.32 Å². The highest BCUT2D eigenvalue weighted by atomic mass is 16.2. The predicted octanol–water partition coefficient (Wildman–Crippen LogP) is 5.08. The lowest BCUT2D eigenvalue weighted by Crippen LogP contribution is -2.31. The fraction of sp³-hybridized carbons (Fsp3) is 0.407. The summed E-state index contributed by atoms with van der Waals surface area (Å²) in [5, 5.41) is 3.01. The van der Waals surface area contributed by atoms with Crippen LogP contribution in [0.25, 0.3) is 6.08 Å². The second kappa shape index (κ2) is 8.70. The molecule has 0 saturated heterocycles. The summed E-state index contributed by atoms with van der Waals surface area (Å²) >= 11 is 0. The Labute approximate surface area is 185 Å². The zero-order valence-electron chi connectivity index (χ0n) is 18.7. The molecule has 0 radical (unpaired) electrons. The number of hydrogen-bond acceptors (Lipinski definition) is 2. The van der Waals surface area contributed by atoms with Crippen molar-refractivity contribution in [1.82, 2.24) is 10.2 Å². The van der Waals surface area contributed by atoms with Gasteiger partial charge >= 0.3 is 0 Å². The molecule has 0 unspecified atom stereocenters. The van der Waals surface area contributed by atoms with E-state index >= 15 is 0 Å². The highest BCUT2D eigenvalue weighted by molar-refractivity contribution is 5.94. The van der Waals surface area contributed by atoms with Crippen LogP contribution in [0.2, 0.25) is 0 Å². The largest absolute Gasteiger partial charge is 0.349 e. The standard InChI is InChI=1S/C27H32N2O2/c1-27(2,3)22-11-6-19(7-12-22)8-17-25(30)29(24-15-16-24)18-20-4-9-21(10-5-20)26(31)28-23-13-14-23/h4-12,17,23-24H,13-16,18H2,1-3H3,(H,28,31)/b17-8+. The molecular formula is C27H32N2O2. The Morgan fingerprint density at radius 2 is 1.61 bits per heavy atom. The van der Waals surface area contributed by atoms with Gasteiger partial charge in [0.05, 0.1) is 0 Å².